The van der Waals surface area contributed by atoms with Gasteiger partial charge in [-0.1, -0.05) is 0 Å². The first kappa shape index (κ1) is 15.2. The molecule has 0 bridgehead atoms. The Kier molecular flexibility index (Phi) is 4.02. The van der Waals surface area contributed by atoms with Gasteiger partial charge in [0.1, 0.15) is 36.0 Å². The van der Waals surface area contributed by atoms with Gasteiger partial charge in [-0.15, -0.1) is 0 Å². The standard InChI is InChI=1S/C14H16FNO6/c15-6-1-2-7-8(3-6)16-4-9(7)21-14-13(20)12(19)11(18)10(5-17)22-14/h1-4,10-14,16-20H,5H2/t10-,11+,12+,13-,14-/m1/s1. The number of rotatable bonds is 3. The number of H-pyrrole nitrogens is 1. The van der Waals surface area contributed by atoms with Crippen LogP contribution in [0.1, 0.15) is 0 Å². The minimum atomic E-state index is -1.52. The number of aliphatic hydroxyl groups is 4. The van der Waals surface area contributed by atoms with Crippen molar-refractivity contribution >= 4 is 10.9 Å². The van der Waals surface area contributed by atoms with Gasteiger partial charge in [-0.3, -0.25) is 0 Å². The predicted molar refractivity (Wildman–Crippen MR) is 72.7 cm³/mol. The van der Waals surface area contributed by atoms with Crippen molar-refractivity contribution < 1.29 is 34.3 Å². The van der Waals surface area contributed by atoms with E-state index in [0.717, 1.165) is 0 Å². The molecule has 1 aliphatic rings. The minimum absolute atomic E-state index is 0.291. The quantitative estimate of drug-likeness (QED) is 0.521. The highest BCUT2D eigenvalue weighted by atomic mass is 19.1. The molecule has 7 nitrogen and oxygen atoms in total. The molecule has 5 N–H and O–H groups in total. The monoisotopic (exact) mass is 313 g/mol. The van der Waals surface area contributed by atoms with E-state index < -0.39 is 43.1 Å². The van der Waals surface area contributed by atoms with Crippen LogP contribution in [-0.4, -0.2) is 62.7 Å². The second kappa shape index (κ2) is 5.82. The lowest BCUT2D eigenvalue weighted by Gasteiger charge is -2.39. The van der Waals surface area contributed by atoms with Crippen LogP contribution in [-0.2, 0) is 4.74 Å². The van der Waals surface area contributed by atoms with Crippen LogP contribution < -0.4 is 4.74 Å². The first-order valence-corrected chi connectivity index (χ1v) is 6.75. The molecule has 1 aromatic heterocycles. The summed E-state index contributed by atoms with van der Waals surface area (Å²) in [5.74, 6) is -0.118. The molecule has 120 valence electrons. The van der Waals surface area contributed by atoms with Gasteiger partial charge in [0.2, 0.25) is 6.29 Å². The third-order valence-electron chi connectivity index (χ3n) is 3.70. The lowest BCUT2D eigenvalue weighted by molar-refractivity contribution is -0.277. The SMILES string of the molecule is OC[C@H]1O[C@@H](Oc2c[nH]c3cc(F)ccc23)[C@H](O)[C@@H](O)[C@H]1O. The molecule has 1 aliphatic heterocycles. The van der Waals surface area contributed by atoms with Crippen molar-refractivity contribution in [3.8, 4) is 5.75 Å². The van der Waals surface area contributed by atoms with Crippen LogP contribution in [0.15, 0.2) is 24.4 Å². The average molecular weight is 313 g/mol. The Hall–Kier alpha value is -1.71. The summed E-state index contributed by atoms with van der Waals surface area (Å²) in [6.45, 7) is -0.538. The molecule has 0 radical (unpaired) electrons. The van der Waals surface area contributed by atoms with Crippen LogP contribution in [0.4, 0.5) is 4.39 Å². The fourth-order valence-electron chi connectivity index (χ4n) is 2.46. The molecular weight excluding hydrogens is 297 g/mol. The lowest BCUT2D eigenvalue weighted by atomic mass is 9.99. The van der Waals surface area contributed by atoms with Crippen LogP contribution in [0, 0.1) is 5.82 Å². The highest BCUT2D eigenvalue weighted by Crippen LogP contribution is 2.30. The zero-order valence-electron chi connectivity index (χ0n) is 11.4. The molecule has 2 heterocycles. The Morgan fingerprint density at radius 3 is 2.68 bits per heavy atom. The summed E-state index contributed by atoms with van der Waals surface area (Å²) >= 11 is 0. The van der Waals surface area contributed by atoms with Gasteiger partial charge in [0, 0.05) is 11.6 Å². The highest BCUT2D eigenvalue weighted by Gasteiger charge is 2.44. The van der Waals surface area contributed by atoms with Crippen molar-refractivity contribution in [3.63, 3.8) is 0 Å². The van der Waals surface area contributed by atoms with Gasteiger partial charge in [-0.25, -0.2) is 4.39 Å². The number of hydrogen-bond acceptors (Lipinski definition) is 6. The summed E-state index contributed by atoms with van der Waals surface area (Å²) in [7, 11) is 0. The zero-order valence-corrected chi connectivity index (χ0v) is 11.4. The van der Waals surface area contributed by atoms with Crippen molar-refractivity contribution in [1.82, 2.24) is 4.98 Å². The van der Waals surface area contributed by atoms with Crippen molar-refractivity contribution in [2.45, 2.75) is 30.7 Å². The van der Waals surface area contributed by atoms with Gasteiger partial charge in [0.25, 0.3) is 0 Å². The zero-order chi connectivity index (χ0) is 15.9. The van der Waals surface area contributed by atoms with Gasteiger partial charge in [0.05, 0.1) is 12.1 Å². The molecule has 1 fully saturated rings. The topological polar surface area (TPSA) is 115 Å². The molecule has 8 heteroatoms. The third kappa shape index (κ3) is 2.55. The molecule has 0 saturated carbocycles. The molecule has 1 saturated heterocycles. The first-order valence-electron chi connectivity index (χ1n) is 6.75. The van der Waals surface area contributed by atoms with Crippen LogP contribution in [0.25, 0.3) is 10.9 Å². The second-order valence-corrected chi connectivity index (χ2v) is 5.16. The van der Waals surface area contributed by atoms with Crippen LogP contribution in [0.2, 0.25) is 0 Å². The fourth-order valence-corrected chi connectivity index (χ4v) is 2.46. The molecule has 0 unspecified atom stereocenters. The molecule has 0 amide bonds. The number of aromatic nitrogens is 1. The van der Waals surface area contributed by atoms with Crippen LogP contribution in [0.5, 0.6) is 5.75 Å². The Labute approximate surface area is 124 Å². The van der Waals surface area contributed by atoms with Gasteiger partial charge in [-0.2, -0.15) is 0 Å². The van der Waals surface area contributed by atoms with E-state index in [-0.39, 0.29) is 0 Å². The van der Waals surface area contributed by atoms with Gasteiger partial charge in [0.15, 0.2) is 0 Å². The van der Waals surface area contributed by atoms with Crippen molar-refractivity contribution in [2.24, 2.45) is 0 Å². The molecule has 3 rings (SSSR count). The largest absolute Gasteiger partial charge is 0.460 e. The number of aliphatic hydroxyl groups excluding tert-OH is 4. The van der Waals surface area contributed by atoms with Gasteiger partial charge < -0.3 is 34.9 Å². The Bertz CT molecular complexity index is 660. The summed E-state index contributed by atoms with van der Waals surface area (Å²) in [5.41, 5.74) is 0.500. The van der Waals surface area contributed by atoms with Crippen molar-refractivity contribution in [1.29, 1.82) is 0 Å². The number of nitrogens with one attached hydrogen (secondary N) is 1. The maximum absolute atomic E-state index is 13.1. The summed E-state index contributed by atoms with van der Waals surface area (Å²) in [6.07, 6.45) is -5.32. The predicted octanol–water partition coefficient (Wildman–Crippen LogP) is -0.514. The molecule has 0 aliphatic carbocycles. The van der Waals surface area contributed by atoms with E-state index in [1.807, 2.05) is 0 Å². The minimum Gasteiger partial charge on any atom is -0.460 e. The van der Waals surface area contributed by atoms with Crippen molar-refractivity contribution in [3.05, 3.63) is 30.2 Å². The molecular formula is C14H16FNO6. The van der Waals surface area contributed by atoms with E-state index in [1.54, 1.807) is 0 Å². The normalized spacial score (nSPS) is 32.3. The molecule has 0 spiro atoms. The molecule has 1 aromatic carbocycles. The maximum Gasteiger partial charge on any atom is 0.229 e. The van der Waals surface area contributed by atoms with E-state index >= 15 is 0 Å². The van der Waals surface area contributed by atoms with Crippen LogP contribution >= 0.6 is 0 Å². The van der Waals surface area contributed by atoms with Gasteiger partial charge in [-0.05, 0) is 18.2 Å². The lowest BCUT2D eigenvalue weighted by Crippen LogP contribution is -2.60. The Balaban J connectivity index is 1.84. The summed E-state index contributed by atoms with van der Waals surface area (Å²) in [5, 5.41) is 39.0. The van der Waals surface area contributed by atoms with E-state index in [9.17, 15) is 19.7 Å². The summed E-state index contributed by atoms with van der Waals surface area (Å²) in [4.78, 5) is 2.82. The first-order chi connectivity index (χ1) is 10.5. The smallest absolute Gasteiger partial charge is 0.229 e. The second-order valence-electron chi connectivity index (χ2n) is 5.16. The number of halogens is 1. The van der Waals surface area contributed by atoms with Crippen LogP contribution in [0.3, 0.4) is 0 Å². The maximum atomic E-state index is 13.1. The molecule has 2 aromatic rings. The number of benzene rings is 1. The Morgan fingerprint density at radius 2 is 1.95 bits per heavy atom. The number of hydrogen-bond donors (Lipinski definition) is 5. The third-order valence-corrected chi connectivity index (χ3v) is 3.70. The Morgan fingerprint density at radius 1 is 1.18 bits per heavy atom. The fraction of sp³-hybridized carbons (Fsp3) is 0.429. The number of aromatic amines is 1. The number of fused-ring (bicyclic) bond motifs is 1. The summed E-state index contributed by atoms with van der Waals surface area (Å²) < 4.78 is 23.9. The number of ether oxygens (including phenoxy) is 2. The van der Waals surface area contributed by atoms with E-state index in [4.69, 9.17) is 14.6 Å². The average Bonchev–Trinajstić information content (AvgIpc) is 2.90. The molecule has 5 atom stereocenters. The summed E-state index contributed by atoms with van der Waals surface area (Å²) in [6, 6.07) is 4.05. The highest BCUT2D eigenvalue weighted by molar-refractivity contribution is 5.86. The van der Waals surface area contributed by atoms with E-state index in [2.05, 4.69) is 4.98 Å². The van der Waals surface area contributed by atoms with E-state index in [0.29, 0.717) is 16.7 Å². The van der Waals surface area contributed by atoms with Crippen molar-refractivity contribution in [2.75, 3.05) is 6.61 Å². The van der Waals surface area contributed by atoms with E-state index in [1.165, 1.54) is 24.4 Å². The molecule has 22 heavy (non-hydrogen) atoms. The van der Waals surface area contributed by atoms with Gasteiger partial charge >= 0.3 is 0 Å².